The van der Waals surface area contributed by atoms with Crippen LogP contribution in [-0.4, -0.2) is 10.8 Å². The number of benzene rings is 1. The minimum absolute atomic E-state index is 0.111. The summed E-state index contributed by atoms with van der Waals surface area (Å²) >= 11 is 0. The lowest BCUT2D eigenvalue weighted by atomic mass is 10.3. The maximum atomic E-state index is 12.6. The standard InChI is InChI=1S/C9H5FN4O/c10-6-1-2-8(9(15)3-6)14-13-7(4-11)5-12/h1-3,14-15H. The SMILES string of the molecule is N#CC(C#N)=NNc1ccc(F)cc1O. The van der Waals surface area contributed by atoms with Gasteiger partial charge >= 0.3 is 0 Å². The number of halogens is 1. The lowest BCUT2D eigenvalue weighted by molar-refractivity contribution is 0.471. The Morgan fingerprint density at radius 1 is 1.40 bits per heavy atom. The Bertz CT molecular complexity index is 468. The molecule has 1 rings (SSSR count). The molecule has 1 aromatic carbocycles. The molecule has 0 fully saturated rings. The van der Waals surface area contributed by atoms with E-state index in [1.807, 2.05) is 0 Å². The summed E-state index contributed by atoms with van der Waals surface area (Å²) in [6.07, 6.45) is 0. The minimum Gasteiger partial charge on any atom is -0.506 e. The molecule has 0 heterocycles. The van der Waals surface area contributed by atoms with Crippen molar-refractivity contribution in [3.63, 3.8) is 0 Å². The average molecular weight is 204 g/mol. The molecule has 0 aliphatic rings. The van der Waals surface area contributed by atoms with Crippen LogP contribution in [0.15, 0.2) is 23.3 Å². The maximum absolute atomic E-state index is 12.6. The number of rotatable bonds is 2. The van der Waals surface area contributed by atoms with Gasteiger partial charge < -0.3 is 5.11 Å². The molecule has 6 heteroatoms. The molecule has 0 amide bonds. The zero-order valence-corrected chi connectivity index (χ0v) is 7.40. The summed E-state index contributed by atoms with van der Waals surface area (Å²) in [7, 11) is 0. The average Bonchev–Trinajstić information content (AvgIpc) is 2.22. The third-order valence-corrected chi connectivity index (χ3v) is 1.46. The van der Waals surface area contributed by atoms with E-state index in [4.69, 9.17) is 10.5 Å². The Kier molecular flexibility index (Phi) is 3.20. The molecule has 1 aromatic rings. The second-order valence-corrected chi connectivity index (χ2v) is 2.46. The van der Waals surface area contributed by atoms with Gasteiger partial charge in [0.05, 0.1) is 5.69 Å². The highest BCUT2D eigenvalue weighted by atomic mass is 19.1. The summed E-state index contributed by atoms with van der Waals surface area (Å²) in [5.74, 6) is -0.947. The van der Waals surface area contributed by atoms with Crippen LogP contribution < -0.4 is 5.43 Å². The molecule has 0 saturated heterocycles. The van der Waals surface area contributed by atoms with Gasteiger partial charge in [-0.25, -0.2) is 4.39 Å². The maximum Gasteiger partial charge on any atom is 0.237 e. The van der Waals surface area contributed by atoms with E-state index in [0.29, 0.717) is 0 Å². The summed E-state index contributed by atoms with van der Waals surface area (Å²) in [6, 6.07) is 6.28. The van der Waals surface area contributed by atoms with Crippen LogP contribution in [0.25, 0.3) is 0 Å². The van der Waals surface area contributed by atoms with Gasteiger partial charge in [0, 0.05) is 6.07 Å². The van der Waals surface area contributed by atoms with Crippen molar-refractivity contribution >= 4 is 11.4 Å². The first-order chi connectivity index (χ1) is 7.17. The summed E-state index contributed by atoms with van der Waals surface area (Å²) in [4.78, 5) is 0. The third kappa shape index (κ3) is 2.68. The number of nitriles is 2. The van der Waals surface area contributed by atoms with E-state index in [1.54, 1.807) is 0 Å². The molecule has 5 nitrogen and oxygen atoms in total. The Hall–Kier alpha value is -2.60. The Labute approximate surface area is 84.7 Å². The number of hydrogen-bond acceptors (Lipinski definition) is 5. The third-order valence-electron chi connectivity index (χ3n) is 1.46. The fourth-order valence-corrected chi connectivity index (χ4v) is 0.790. The van der Waals surface area contributed by atoms with E-state index < -0.39 is 11.5 Å². The van der Waals surface area contributed by atoms with Crippen LogP contribution in [0.1, 0.15) is 0 Å². The monoisotopic (exact) mass is 204 g/mol. The first-order valence-electron chi connectivity index (χ1n) is 3.80. The van der Waals surface area contributed by atoms with Crippen molar-refractivity contribution in [3.8, 4) is 17.9 Å². The number of phenols is 1. The normalized spacial score (nSPS) is 8.47. The molecule has 74 valence electrons. The smallest absolute Gasteiger partial charge is 0.237 e. The zero-order chi connectivity index (χ0) is 11.3. The topological polar surface area (TPSA) is 92.2 Å². The summed E-state index contributed by atoms with van der Waals surface area (Å²) in [5.41, 5.74) is 1.99. The molecule has 0 aromatic heterocycles. The number of nitrogens with zero attached hydrogens (tertiary/aromatic N) is 3. The first kappa shape index (κ1) is 10.5. The highest BCUT2D eigenvalue weighted by molar-refractivity contribution is 6.10. The van der Waals surface area contributed by atoms with Crippen molar-refractivity contribution in [2.24, 2.45) is 5.10 Å². The highest BCUT2D eigenvalue weighted by Gasteiger charge is 2.01. The minimum atomic E-state index is -0.595. The van der Waals surface area contributed by atoms with E-state index in [0.717, 1.165) is 12.1 Å². The summed E-state index contributed by atoms with van der Waals surface area (Å²) in [6.45, 7) is 0. The lowest BCUT2D eigenvalue weighted by Gasteiger charge is -2.02. The second kappa shape index (κ2) is 4.58. The van der Waals surface area contributed by atoms with Crippen molar-refractivity contribution in [1.29, 1.82) is 10.5 Å². The van der Waals surface area contributed by atoms with Crippen LogP contribution in [-0.2, 0) is 0 Å². The zero-order valence-electron chi connectivity index (χ0n) is 7.40. The van der Waals surface area contributed by atoms with Crippen molar-refractivity contribution < 1.29 is 9.50 Å². The molecule has 0 saturated carbocycles. The van der Waals surface area contributed by atoms with Crippen molar-refractivity contribution in [2.45, 2.75) is 0 Å². The van der Waals surface area contributed by atoms with Gasteiger partial charge in [0.2, 0.25) is 5.71 Å². The van der Waals surface area contributed by atoms with Crippen molar-refractivity contribution in [1.82, 2.24) is 0 Å². The van der Waals surface area contributed by atoms with E-state index in [9.17, 15) is 9.50 Å². The highest BCUT2D eigenvalue weighted by Crippen LogP contribution is 2.23. The molecule has 0 atom stereocenters. The van der Waals surface area contributed by atoms with Gasteiger partial charge in [-0.15, -0.1) is 0 Å². The molecule has 0 unspecified atom stereocenters. The van der Waals surface area contributed by atoms with Crippen molar-refractivity contribution in [2.75, 3.05) is 5.43 Å². The summed E-state index contributed by atoms with van der Waals surface area (Å²) in [5, 5.41) is 29.3. The molecule has 0 aliphatic heterocycles. The summed E-state index contributed by atoms with van der Waals surface area (Å²) < 4.78 is 12.6. The van der Waals surface area contributed by atoms with Crippen LogP contribution in [0.2, 0.25) is 0 Å². The van der Waals surface area contributed by atoms with Gasteiger partial charge in [-0.05, 0) is 12.1 Å². The molecular formula is C9H5FN4O. The number of hydrazone groups is 1. The van der Waals surface area contributed by atoms with Crippen LogP contribution in [0.3, 0.4) is 0 Å². The quantitative estimate of drug-likeness (QED) is 0.432. The first-order valence-corrected chi connectivity index (χ1v) is 3.80. The van der Waals surface area contributed by atoms with Gasteiger partial charge in [-0.1, -0.05) is 0 Å². The molecular weight excluding hydrogens is 199 g/mol. The molecule has 0 radical (unpaired) electrons. The van der Waals surface area contributed by atoms with E-state index in [1.165, 1.54) is 18.2 Å². The Balaban J connectivity index is 2.89. The molecule has 15 heavy (non-hydrogen) atoms. The van der Waals surface area contributed by atoms with Gasteiger partial charge in [-0.3, -0.25) is 5.43 Å². The lowest BCUT2D eigenvalue weighted by Crippen LogP contribution is -1.96. The van der Waals surface area contributed by atoms with Crippen LogP contribution in [0.5, 0.6) is 5.75 Å². The fraction of sp³-hybridized carbons (Fsp3) is 0. The Morgan fingerprint density at radius 3 is 2.60 bits per heavy atom. The molecule has 2 N–H and O–H groups in total. The number of hydrogen-bond donors (Lipinski definition) is 2. The molecule has 0 bridgehead atoms. The van der Waals surface area contributed by atoms with Crippen LogP contribution in [0, 0.1) is 28.5 Å². The van der Waals surface area contributed by atoms with Crippen LogP contribution in [0.4, 0.5) is 10.1 Å². The second-order valence-electron chi connectivity index (χ2n) is 2.46. The number of anilines is 1. The molecule has 0 aliphatic carbocycles. The van der Waals surface area contributed by atoms with Gasteiger partial charge in [0.15, 0.2) is 0 Å². The van der Waals surface area contributed by atoms with Gasteiger partial charge in [0.1, 0.15) is 23.7 Å². The van der Waals surface area contributed by atoms with Crippen LogP contribution >= 0.6 is 0 Å². The number of phenolic OH excluding ortho intramolecular Hbond substituents is 1. The van der Waals surface area contributed by atoms with Gasteiger partial charge in [-0.2, -0.15) is 15.6 Å². The fourth-order valence-electron chi connectivity index (χ4n) is 0.790. The predicted octanol–water partition coefficient (Wildman–Crippen LogP) is 1.35. The Morgan fingerprint density at radius 2 is 2.07 bits per heavy atom. The predicted molar refractivity (Wildman–Crippen MR) is 50.3 cm³/mol. The largest absolute Gasteiger partial charge is 0.506 e. The number of aromatic hydroxyl groups is 1. The number of nitrogens with one attached hydrogen (secondary N) is 1. The molecule has 0 spiro atoms. The van der Waals surface area contributed by atoms with E-state index in [-0.39, 0.29) is 11.4 Å². The van der Waals surface area contributed by atoms with E-state index in [2.05, 4.69) is 10.5 Å². The van der Waals surface area contributed by atoms with E-state index >= 15 is 0 Å². The van der Waals surface area contributed by atoms with Crippen molar-refractivity contribution in [3.05, 3.63) is 24.0 Å². The van der Waals surface area contributed by atoms with Gasteiger partial charge in [0.25, 0.3) is 0 Å².